The fourth-order valence-electron chi connectivity index (χ4n) is 1.47. The molecule has 0 unspecified atom stereocenters. The summed E-state index contributed by atoms with van der Waals surface area (Å²) in [5.41, 5.74) is 5.74. The van der Waals surface area contributed by atoms with Crippen LogP contribution in [0.25, 0.3) is 0 Å². The van der Waals surface area contributed by atoms with Gasteiger partial charge in [0, 0.05) is 23.5 Å². The second kappa shape index (κ2) is 5.20. The third kappa shape index (κ3) is 3.06. The lowest BCUT2D eigenvalue weighted by Gasteiger charge is -2.07. The number of nitrogens with one attached hydrogen (secondary N) is 2. The SMILES string of the molecule is NCc1cc(S(=O)(=O)Nc2cc(Cl)ccc2F)c[nH]1. The fraction of sp³-hybridized carbons (Fsp3) is 0.0909. The number of aromatic nitrogens is 1. The van der Waals surface area contributed by atoms with Gasteiger partial charge in [-0.15, -0.1) is 0 Å². The van der Waals surface area contributed by atoms with Crippen molar-refractivity contribution in [2.75, 3.05) is 4.72 Å². The summed E-state index contributed by atoms with van der Waals surface area (Å²) in [6, 6.07) is 5.00. The molecule has 0 saturated heterocycles. The first-order valence-corrected chi connectivity index (χ1v) is 7.14. The van der Waals surface area contributed by atoms with Crippen molar-refractivity contribution >= 4 is 27.3 Å². The predicted octanol–water partition coefficient (Wildman–Crippen LogP) is 2.07. The molecule has 0 aliphatic rings. The van der Waals surface area contributed by atoms with Crippen LogP contribution in [0, 0.1) is 5.82 Å². The molecule has 8 heteroatoms. The van der Waals surface area contributed by atoms with Crippen LogP contribution in [-0.2, 0) is 16.6 Å². The summed E-state index contributed by atoms with van der Waals surface area (Å²) >= 11 is 5.69. The first-order chi connectivity index (χ1) is 8.92. The summed E-state index contributed by atoms with van der Waals surface area (Å²) in [5, 5.41) is 0.232. The Morgan fingerprint density at radius 2 is 2.11 bits per heavy atom. The number of H-pyrrole nitrogens is 1. The second-order valence-electron chi connectivity index (χ2n) is 3.79. The Morgan fingerprint density at radius 3 is 2.74 bits per heavy atom. The highest BCUT2D eigenvalue weighted by molar-refractivity contribution is 7.92. The highest BCUT2D eigenvalue weighted by atomic mass is 35.5. The van der Waals surface area contributed by atoms with Crippen molar-refractivity contribution in [1.82, 2.24) is 4.98 Å². The van der Waals surface area contributed by atoms with Gasteiger partial charge in [-0.1, -0.05) is 11.6 Å². The average Bonchev–Trinajstić information content (AvgIpc) is 2.83. The number of hydrogen-bond acceptors (Lipinski definition) is 3. The molecule has 2 rings (SSSR count). The zero-order chi connectivity index (χ0) is 14.0. The Hall–Kier alpha value is -1.57. The largest absolute Gasteiger partial charge is 0.363 e. The molecule has 4 N–H and O–H groups in total. The molecular formula is C11H11ClFN3O2S. The first-order valence-electron chi connectivity index (χ1n) is 5.27. The lowest BCUT2D eigenvalue weighted by Crippen LogP contribution is -2.13. The van der Waals surface area contributed by atoms with E-state index in [1.54, 1.807) is 0 Å². The summed E-state index contributed by atoms with van der Waals surface area (Å²) in [4.78, 5) is 2.69. The van der Waals surface area contributed by atoms with Gasteiger partial charge in [0.25, 0.3) is 10.0 Å². The van der Waals surface area contributed by atoms with Crippen LogP contribution in [0.3, 0.4) is 0 Å². The van der Waals surface area contributed by atoms with Crippen LogP contribution >= 0.6 is 11.6 Å². The van der Waals surface area contributed by atoms with E-state index in [0.29, 0.717) is 5.69 Å². The van der Waals surface area contributed by atoms with Gasteiger partial charge in [-0.2, -0.15) is 0 Å². The smallest absolute Gasteiger partial charge is 0.263 e. The minimum Gasteiger partial charge on any atom is -0.363 e. The minimum atomic E-state index is -3.88. The molecule has 0 spiro atoms. The lowest BCUT2D eigenvalue weighted by molar-refractivity contribution is 0.598. The van der Waals surface area contributed by atoms with Crippen LogP contribution in [0.15, 0.2) is 35.4 Å². The van der Waals surface area contributed by atoms with E-state index in [4.69, 9.17) is 17.3 Å². The number of nitrogens with two attached hydrogens (primary N) is 1. The fourth-order valence-corrected chi connectivity index (χ4v) is 2.72. The molecule has 0 aliphatic carbocycles. The molecule has 19 heavy (non-hydrogen) atoms. The summed E-state index contributed by atoms with van der Waals surface area (Å²) < 4.78 is 39.6. The molecule has 0 bridgehead atoms. The van der Waals surface area contributed by atoms with E-state index in [0.717, 1.165) is 6.07 Å². The number of rotatable bonds is 4. The van der Waals surface area contributed by atoms with Gasteiger partial charge in [0.1, 0.15) is 10.7 Å². The third-order valence-electron chi connectivity index (χ3n) is 2.42. The molecule has 0 fully saturated rings. The van der Waals surface area contributed by atoms with Gasteiger partial charge in [0.05, 0.1) is 5.69 Å². The molecule has 0 atom stereocenters. The zero-order valence-corrected chi connectivity index (χ0v) is 11.2. The molecule has 1 aromatic carbocycles. The molecule has 0 amide bonds. The molecule has 0 radical (unpaired) electrons. The summed E-state index contributed by atoms with van der Waals surface area (Å²) in [6.07, 6.45) is 1.28. The maximum atomic E-state index is 13.5. The van der Waals surface area contributed by atoms with E-state index < -0.39 is 15.8 Å². The van der Waals surface area contributed by atoms with Gasteiger partial charge in [0.15, 0.2) is 0 Å². The van der Waals surface area contributed by atoms with Gasteiger partial charge in [-0.25, -0.2) is 12.8 Å². The molecule has 102 valence electrons. The quantitative estimate of drug-likeness (QED) is 0.808. The van der Waals surface area contributed by atoms with E-state index in [1.165, 1.54) is 24.4 Å². The maximum Gasteiger partial charge on any atom is 0.263 e. The van der Waals surface area contributed by atoms with E-state index in [9.17, 15) is 12.8 Å². The van der Waals surface area contributed by atoms with Crippen molar-refractivity contribution in [2.45, 2.75) is 11.4 Å². The Balaban J connectivity index is 2.33. The van der Waals surface area contributed by atoms with Crippen molar-refractivity contribution in [2.24, 2.45) is 5.73 Å². The topological polar surface area (TPSA) is 88.0 Å². The summed E-state index contributed by atoms with van der Waals surface area (Å²) in [7, 11) is -3.88. The van der Waals surface area contributed by atoms with Gasteiger partial charge in [-0.3, -0.25) is 4.72 Å². The summed E-state index contributed by atoms with van der Waals surface area (Å²) in [6.45, 7) is 0.182. The van der Waals surface area contributed by atoms with Crippen LogP contribution in [-0.4, -0.2) is 13.4 Å². The van der Waals surface area contributed by atoms with Crippen LogP contribution in [0.1, 0.15) is 5.69 Å². The standard InChI is InChI=1S/C11H11ClFN3O2S/c12-7-1-2-10(13)11(3-7)16-19(17,18)9-4-8(5-14)15-6-9/h1-4,6,15-16H,5,14H2. The average molecular weight is 304 g/mol. The maximum absolute atomic E-state index is 13.5. The normalized spacial score (nSPS) is 11.5. The number of sulfonamides is 1. The molecule has 5 nitrogen and oxygen atoms in total. The number of aromatic amines is 1. The van der Waals surface area contributed by atoms with Gasteiger partial charge >= 0.3 is 0 Å². The van der Waals surface area contributed by atoms with E-state index in [1.807, 2.05) is 0 Å². The minimum absolute atomic E-state index is 0.0210. The van der Waals surface area contributed by atoms with Crippen LogP contribution in [0.5, 0.6) is 0 Å². The lowest BCUT2D eigenvalue weighted by atomic mass is 10.3. The van der Waals surface area contributed by atoms with Crippen molar-refractivity contribution in [3.05, 3.63) is 47.0 Å². The first kappa shape index (κ1) is 13.9. The summed E-state index contributed by atoms with van der Waals surface area (Å²) in [5.74, 6) is -0.706. The Bertz CT molecular complexity index is 700. The number of hydrogen-bond donors (Lipinski definition) is 3. The van der Waals surface area contributed by atoms with Crippen molar-refractivity contribution in [3.63, 3.8) is 0 Å². The van der Waals surface area contributed by atoms with E-state index >= 15 is 0 Å². The monoisotopic (exact) mass is 303 g/mol. The molecule has 1 aromatic heterocycles. The molecule has 1 heterocycles. The van der Waals surface area contributed by atoms with Crippen molar-refractivity contribution < 1.29 is 12.8 Å². The highest BCUT2D eigenvalue weighted by Crippen LogP contribution is 2.23. The van der Waals surface area contributed by atoms with Crippen LogP contribution in [0.4, 0.5) is 10.1 Å². The second-order valence-corrected chi connectivity index (χ2v) is 5.91. The van der Waals surface area contributed by atoms with E-state index in [-0.39, 0.29) is 22.2 Å². The van der Waals surface area contributed by atoms with Gasteiger partial charge < -0.3 is 10.7 Å². The predicted molar refractivity (Wildman–Crippen MR) is 70.9 cm³/mol. The van der Waals surface area contributed by atoms with Gasteiger partial charge in [0.2, 0.25) is 0 Å². The van der Waals surface area contributed by atoms with Crippen molar-refractivity contribution in [3.8, 4) is 0 Å². The molecule has 0 saturated carbocycles. The van der Waals surface area contributed by atoms with Crippen LogP contribution in [0.2, 0.25) is 5.02 Å². The van der Waals surface area contributed by atoms with Crippen LogP contribution < -0.4 is 10.5 Å². The Kier molecular flexibility index (Phi) is 3.79. The molecular weight excluding hydrogens is 293 g/mol. The number of anilines is 1. The number of benzene rings is 1. The molecule has 2 aromatic rings. The number of halogens is 2. The Morgan fingerprint density at radius 1 is 1.37 bits per heavy atom. The Labute approximate surface area is 114 Å². The zero-order valence-electron chi connectivity index (χ0n) is 9.65. The van der Waals surface area contributed by atoms with Gasteiger partial charge in [-0.05, 0) is 24.3 Å². The van der Waals surface area contributed by atoms with Crippen molar-refractivity contribution in [1.29, 1.82) is 0 Å². The third-order valence-corrected chi connectivity index (χ3v) is 4.00. The highest BCUT2D eigenvalue weighted by Gasteiger charge is 2.18. The van der Waals surface area contributed by atoms with E-state index in [2.05, 4.69) is 9.71 Å². The molecule has 0 aliphatic heterocycles.